The molecule has 0 N–H and O–H groups in total. The number of carbonyl (C=O) groups excluding carboxylic acids is 1. The average Bonchev–Trinajstić information content (AvgIpc) is 2.77. The van der Waals surface area contributed by atoms with Crippen molar-refractivity contribution in [2.45, 2.75) is 13.8 Å². The van der Waals surface area contributed by atoms with E-state index >= 15 is 0 Å². The fourth-order valence-electron chi connectivity index (χ4n) is 2.10. The van der Waals surface area contributed by atoms with Crippen molar-refractivity contribution < 1.29 is 13.9 Å². The number of amides is 1. The highest BCUT2D eigenvalue weighted by atomic mass is 79.9. The third-order valence-corrected chi connectivity index (χ3v) is 3.92. The Labute approximate surface area is 124 Å². The van der Waals surface area contributed by atoms with Crippen LogP contribution < -0.4 is 9.64 Å². The first-order valence-corrected chi connectivity index (χ1v) is 7.04. The second-order valence-corrected chi connectivity index (χ2v) is 5.37. The Morgan fingerprint density at radius 1 is 1.40 bits per heavy atom. The summed E-state index contributed by atoms with van der Waals surface area (Å²) in [4.78, 5) is 18.5. The van der Waals surface area contributed by atoms with E-state index in [4.69, 9.17) is 9.15 Å². The topological polar surface area (TPSA) is 55.6 Å². The van der Waals surface area contributed by atoms with Crippen LogP contribution in [-0.2, 0) is 0 Å². The van der Waals surface area contributed by atoms with Gasteiger partial charge in [0.05, 0.1) is 6.54 Å². The van der Waals surface area contributed by atoms with Crippen LogP contribution in [0.2, 0.25) is 0 Å². The number of hydrogen-bond acceptors (Lipinski definition) is 4. The first-order valence-electron chi connectivity index (χ1n) is 6.24. The number of rotatable bonds is 1. The van der Waals surface area contributed by atoms with Gasteiger partial charge in [-0.1, -0.05) is 0 Å². The normalized spacial score (nSPS) is 13.8. The molecule has 0 aliphatic carbocycles. The van der Waals surface area contributed by atoms with Gasteiger partial charge in [0.25, 0.3) is 5.91 Å². The molecule has 2 aromatic rings. The van der Waals surface area contributed by atoms with Crippen molar-refractivity contribution in [3.63, 3.8) is 0 Å². The van der Waals surface area contributed by atoms with Gasteiger partial charge in [0.15, 0.2) is 10.4 Å². The highest BCUT2D eigenvalue weighted by Gasteiger charge is 2.28. The largest absolute Gasteiger partial charge is 0.474 e. The minimum Gasteiger partial charge on any atom is -0.474 e. The first kappa shape index (κ1) is 13.2. The van der Waals surface area contributed by atoms with Gasteiger partial charge in [0.2, 0.25) is 5.88 Å². The molecule has 0 unspecified atom stereocenters. The van der Waals surface area contributed by atoms with Crippen molar-refractivity contribution in [1.82, 2.24) is 4.98 Å². The minimum absolute atomic E-state index is 0.186. The molecule has 0 aromatic carbocycles. The van der Waals surface area contributed by atoms with Crippen molar-refractivity contribution >= 4 is 27.5 Å². The highest BCUT2D eigenvalue weighted by molar-refractivity contribution is 9.10. The van der Waals surface area contributed by atoms with Crippen LogP contribution in [0, 0.1) is 13.8 Å². The molecule has 0 atom stereocenters. The van der Waals surface area contributed by atoms with E-state index in [0.29, 0.717) is 35.1 Å². The lowest BCUT2D eigenvalue weighted by atomic mass is 10.2. The molecule has 6 heteroatoms. The Hall–Kier alpha value is -1.82. The molecule has 0 fully saturated rings. The van der Waals surface area contributed by atoms with Crippen molar-refractivity contribution in [3.05, 3.63) is 39.9 Å². The third kappa shape index (κ3) is 2.20. The Morgan fingerprint density at radius 2 is 2.20 bits per heavy atom. The summed E-state index contributed by atoms with van der Waals surface area (Å²) in [6.07, 6.45) is 0. The van der Waals surface area contributed by atoms with Gasteiger partial charge in [0.1, 0.15) is 12.3 Å². The second kappa shape index (κ2) is 4.94. The monoisotopic (exact) mass is 336 g/mol. The molecule has 20 heavy (non-hydrogen) atoms. The SMILES string of the molecule is Cc1ccc2c(n1)OCCN2C(=O)c1cc(C)c(Br)o1. The van der Waals surface area contributed by atoms with Gasteiger partial charge in [-0.05, 0) is 48.0 Å². The zero-order valence-electron chi connectivity index (χ0n) is 11.1. The molecule has 0 saturated heterocycles. The lowest BCUT2D eigenvalue weighted by Gasteiger charge is -2.28. The summed E-state index contributed by atoms with van der Waals surface area (Å²) in [5.74, 6) is 0.615. The van der Waals surface area contributed by atoms with Crippen molar-refractivity contribution in [2.24, 2.45) is 0 Å². The number of furan rings is 1. The Balaban J connectivity index is 1.98. The van der Waals surface area contributed by atoms with E-state index in [1.54, 1.807) is 11.0 Å². The predicted octanol–water partition coefficient (Wildman–Crippen LogP) is 3.09. The standard InChI is InChI=1S/C14H13BrN2O3/c1-8-7-11(20-12(8)15)14(18)17-5-6-19-13-10(17)4-3-9(2)16-13/h3-4,7H,5-6H2,1-2H3. The highest BCUT2D eigenvalue weighted by Crippen LogP contribution is 2.31. The number of fused-ring (bicyclic) bond motifs is 1. The number of anilines is 1. The first-order chi connectivity index (χ1) is 9.56. The molecule has 0 spiro atoms. The summed E-state index contributed by atoms with van der Waals surface area (Å²) in [6, 6.07) is 5.43. The van der Waals surface area contributed by atoms with Crippen LogP contribution in [0.25, 0.3) is 0 Å². The van der Waals surface area contributed by atoms with E-state index < -0.39 is 0 Å². The molecule has 0 bridgehead atoms. The van der Waals surface area contributed by atoms with E-state index in [9.17, 15) is 4.79 Å². The lowest BCUT2D eigenvalue weighted by Crippen LogP contribution is -2.38. The van der Waals surface area contributed by atoms with Gasteiger partial charge in [0, 0.05) is 11.3 Å². The molecule has 0 saturated carbocycles. The predicted molar refractivity (Wildman–Crippen MR) is 77.3 cm³/mol. The fraction of sp³-hybridized carbons (Fsp3) is 0.286. The number of nitrogens with zero attached hydrogens (tertiary/aromatic N) is 2. The number of pyridine rings is 1. The maximum absolute atomic E-state index is 12.5. The van der Waals surface area contributed by atoms with Gasteiger partial charge in [-0.3, -0.25) is 9.69 Å². The molecular formula is C14H13BrN2O3. The summed E-state index contributed by atoms with van der Waals surface area (Å²) in [6.45, 7) is 4.67. The second-order valence-electron chi connectivity index (χ2n) is 4.65. The van der Waals surface area contributed by atoms with Gasteiger partial charge in [-0.2, -0.15) is 0 Å². The zero-order valence-corrected chi connectivity index (χ0v) is 12.7. The molecule has 1 aliphatic rings. The van der Waals surface area contributed by atoms with E-state index in [-0.39, 0.29) is 5.91 Å². The van der Waals surface area contributed by atoms with Gasteiger partial charge in [-0.15, -0.1) is 0 Å². The number of aryl methyl sites for hydroxylation is 2. The van der Waals surface area contributed by atoms with Crippen LogP contribution in [0.4, 0.5) is 5.69 Å². The summed E-state index contributed by atoms with van der Waals surface area (Å²) in [5, 5.41) is 0. The van der Waals surface area contributed by atoms with E-state index in [2.05, 4.69) is 20.9 Å². The molecule has 3 rings (SSSR count). The third-order valence-electron chi connectivity index (χ3n) is 3.14. The Bertz CT molecular complexity index is 662. The van der Waals surface area contributed by atoms with Gasteiger partial charge in [-0.25, -0.2) is 4.98 Å². The number of halogens is 1. The lowest BCUT2D eigenvalue weighted by molar-refractivity contribution is 0.0947. The van der Waals surface area contributed by atoms with Crippen LogP contribution in [0.5, 0.6) is 5.88 Å². The number of ether oxygens (including phenoxy) is 1. The summed E-state index contributed by atoms with van der Waals surface area (Å²) in [5.41, 5.74) is 2.43. The van der Waals surface area contributed by atoms with Crippen molar-refractivity contribution in [2.75, 3.05) is 18.1 Å². The number of hydrogen-bond donors (Lipinski definition) is 0. The van der Waals surface area contributed by atoms with E-state index in [1.165, 1.54) is 0 Å². The van der Waals surface area contributed by atoms with Crippen LogP contribution >= 0.6 is 15.9 Å². The molecule has 3 heterocycles. The molecule has 1 aliphatic heterocycles. The summed E-state index contributed by atoms with van der Waals surface area (Å²) >= 11 is 3.28. The van der Waals surface area contributed by atoms with Crippen LogP contribution in [-0.4, -0.2) is 24.0 Å². The van der Waals surface area contributed by atoms with Gasteiger partial charge >= 0.3 is 0 Å². The van der Waals surface area contributed by atoms with Crippen LogP contribution in [0.1, 0.15) is 21.8 Å². The maximum atomic E-state index is 12.5. The number of carbonyl (C=O) groups is 1. The van der Waals surface area contributed by atoms with Crippen LogP contribution in [0.15, 0.2) is 27.3 Å². The molecule has 0 radical (unpaired) electrons. The van der Waals surface area contributed by atoms with Crippen molar-refractivity contribution in [3.8, 4) is 5.88 Å². The van der Waals surface area contributed by atoms with E-state index in [0.717, 1.165) is 11.3 Å². The molecular weight excluding hydrogens is 324 g/mol. The molecule has 5 nitrogen and oxygen atoms in total. The fourth-order valence-corrected chi connectivity index (χ4v) is 2.39. The van der Waals surface area contributed by atoms with Crippen molar-refractivity contribution in [1.29, 1.82) is 0 Å². The average molecular weight is 337 g/mol. The summed E-state index contributed by atoms with van der Waals surface area (Å²) in [7, 11) is 0. The summed E-state index contributed by atoms with van der Waals surface area (Å²) < 4.78 is 11.5. The molecule has 2 aromatic heterocycles. The minimum atomic E-state index is -0.186. The zero-order chi connectivity index (χ0) is 14.3. The molecule has 1 amide bonds. The van der Waals surface area contributed by atoms with Crippen LogP contribution in [0.3, 0.4) is 0 Å². The van der Waals surface area contributed by atoms with E-state index in [1.807, 2.05) is 26.0 Å². The smallest absolute Gasteiger partial charge is 0.294 e. The Kier molecular flexibility index (Phi) is 3.25. The quantitative estimate of drug-likeness (QED) is 0.802. The maximum Gasteiger partial charge on any atom is 0.294 e. The Morgan fingerprint density at radius 3 is 2.90 bits per heavy atom. The number of aromatic nitrogens is 1. The van der Waals surface area contributed by atoms with Gasteiger partial charge < -0.3 is 9.15 Å². The molecule has 104 valence electrons.